The first-order chi connectivity index (χ1) is 10.8. The zero-order valence-electron chi connectivity index (χ0n) is 12.1. The van der Waals surface area contributed by atoms with Crippen LogP contribution in [-0.2, 0) is 22.2 Å². The van der Waals surface area contributed by atoms with Gasteiger partial charge in [0, 0.05) is 0 Å². The zero-order chi connectivity index (χ0) is 17.0. The fourth-order valence-electron chi connectivity index (χ4n) is 2.21. The molecule has 0 aromatic heterocycles. The van der Waals surface area contributed by atoms with Crippen LogP contribution in [-0.4, -0.2) is 24.4 Å². The number of benzene rings is 2. The molecule has 2 aromatic carbocycles. The van der Waals surface area contributed by atoms with E-state index in [4.69, 9.17) is 5.11 Å². The average molecular weight is 342 g/mol. The molecule has 124 valence electrons. The van der Waals surface area contributed by atoms with Crippen LogP contribution in [0.5, 0.6) is 0 Å². The van der Waals surface area contributed by atoms with Crippen molar-refractivity contribution in [3.63, 3.8) is 0 Å². The fourth-order valence-corrected chi connectivity index (χ4v) is 3.67. The lowest BCUT2D eigenvalue weighted by atomic mass is 10.1. The van der Waals surface area contributed by atoms with Gasteiger partial charge in [0.05, 0.1) is 29.8 Å². The molecule has 0 radical (unpaired) electrons. The molecule has 0 amide bonds. The molecule has 1 atom stereocenters. The van der Waals surface area contributed by atoms with E-state index < -0.39 is 38.9 Å². The van der Waals surface area contributed by atoms with Crippen LogP contribution in [0.3, 0.4) is 0 Å². The summed E-state index contributed by atoms with van der Waals surface area (Å²) < 4.78 is 51.3. The Bertz CT molecular complexity index is 753. The molecule has 0 aliphatic heterocycles. The molecule has 7 heteroatoms. The molecule has 4 nitrogen and oxygen atoms in total. The minimum absolute atomic E-state index is 0.154. The Morgan fingerprint density at radius 2 is 1.48 bits per heavy atom. The second-order valence-electron chi connectivity index (χ2n) is 5.18. The molecule has 1 unspecified atom stereocenters. The summed E-state index contributed by atoms with van der Waals surface area (Å²) in [7, 11) is -3.78. The van der Waals surface area contributed by atoms with E-state index in [1.807, 2.05) is 0 Å². The highest BCUT2D eigenvalue weighted by Crippen LogP contribution is 2.23. The molecule has 0 bridgehead atoms. The van der Waals surface area contributed by atoms with Gasteiger partial charge in [0.15, 0.2) is 9.84 Å². The van der Waals surface area contributed by atoms with Gasteiger partial charge < -0.3 is 10.2 Å². The number of hydrogen-bond acceptors (Lipinski definition) is 4. The van der Waals surface area contributed by atoms with Crippen LogP contribution >= 0.6 is 0 Å². The van der Waals surface area contributed by atoms with E-state index in [2.05, 4.69) is 0 Å². The van der Waals surface area contributed by atoms with Crippen molar-refractivity contribution in [3.05, 3.63) is 70.8 Å². The van der Waals surface area contributed by atoms with Crippen molar-refractivity contribution in [1.82, 2.24) is 0 Å². The largest absolute Gasteiger partial charge is 0.392 e. The molecule has 0 saturated heterocycles. The Hall–Kier alpha value is -1.83. The van der Waals surface area contributed by atoms with Gasteiger partial charge in [-0.2, -0.15) is 0 Å². The number of halogens is 2. The van der Waals surface area contributed by atoms with E-state index in [-0.39, 0.29) is 12.4 Å². The van der Waals surface area contributed by atoms with Crippen molar-refractivity contribution in [2.75, 3.05) is 5.75 Å². The van der Waals surface area contributed by atoms with Gasteiger partial charge in [-0.3, -0.25) is 0 Å². The van der Waals surface area contributed by atoms with Crippen LogP contribution < -0.4 is 0 Å². The van der Waals surface area contributed by atoms with E-state index in [0.717, 1.165) is 18.2 Å². The Balaban J connectivity index is 2.14. The van der Waals surface area contributed by atoms with Gasteiger partial charge in [0.2, 0.25) is 0 Å². The van der Waals surface area contributed by atoms with Crippen LogP contribution in [0.25, 0.3) is 0 Å². The molecule has 0 saturated carbocycles. The summed E-state index contributed by atoms with van der Waals surface area (Å²) >= 11 is 0. The van der Waals surface area contributed by atoms with Crippen molar-refractivity contribution < 1.29 is 27.4 Å². The number of rotatable bonds is 6. The lowest BCUT2D eigenvalue weighted by molar-refractivity contribution is 0.191. The Labute approximate surface area is 132 Å². The van der Waals surface area contributed by atoms with Crippen molar-refractivity contribution in [2.45, 2.75) is 18.5 Å². The molecule has 0 heterocycles. The predicted octanol–water partition coefficient (Wildman–Crippen LogP) is 2.11. The summed E-state index contributed by atoms with van der Waals surface area (Å²) in [6, 6.07) is 9.30. The minimum Gasteiger partial charge on any atom is -0.392 e. The van der Waals surface area contributed by atoms with Crippen LogP contribution in [0.2, 0.25) is 0 Å². The number of hydrogen-bond donors (Lipinski definition) is 2. The molecular weight excluding hydrogens is 326 g/mol. The number of aliphatic hydroxyl groups is 2. The fraction of sp³-hybridized carbons (Fsp3) is 0.250. The highest BCUT2D eigenvalue weighted by molar-refractivity contribution is 7.90. The van der Waals surface area contributed by atoms with Gasteiger partial charge in [-0.05, 0) is 23.3 Å². The minimum atomic E-state index is -3.78. The Morgan fingerprint density at radius 1 is 0.957 bits per heavy atom. The first-order valence-corrected chi connectivity index (χ1v) is 8.65. The topological polar surface area (TPSA) is 74.6 Å². The van der Waals surface area contributed by atoms with Gasteiger partial charge in [-0.1, -0.05) is 30.3 Å². The van der Waals surface area contributed by atoms with Gasteiger partial charge in [0.1, 0.15) is 11.6 Å². The zero-order valence-corrected chi connectivity index (χ0v) is 12.9. The maximum Gasteiger partial charge on any atom is 0.157 e. The predicted molar refractivity (Wildman–Crippen MR) is 81.2 cm³/mol. The van der Waals surface area contributed by atoms with Crippen molar-refractivity contribution >= 4 is 9.84 Å². The van der Waals surface area contributed by atoms with Crippen molar-refractivity contribution in [1.29, 1.82) is 0 Å². The van der Waals surface area contributed by atoms with E-state index in [0.29, 0.717) is 11.1 Å². The summed E-state index contributed by atoms with van der Waals surface area (Å²) in [5.41, 5.74) is 0.453. The smallest absolute Gasteiger partial charge is 0.157 e. The highest BCUT2D eigenvalue weighted by atomic mass is 32.2. The molecule has 2 rings (SSSR count). The second kappa shape index (κ2) is 7.16. The molecule has 0 spiro atoms. The molecule has 2 aromatic rings. The Kier molecular flexibility index (Phi) is 5.46. The average Bonchev–Trinajstić information content (AvgIpc) is 2.46. The SMILES string of the molecule is O=S(=O)(Cc1ccc(CO)cc1)CC(O)c1c(F)cccc1F. The third kappa shape index (κ3) is 4.57. The maximum absolute atomic E-state index is 13.6. The first-order valence-electron chi connectivity index (χ1n) is 6.83. The Morgan fingerprint density at radius 3 is 2.00 bits per heavy atom. The normalized spacial score (nSPS) is 13.0. The first kappa shape index (κ1) is 17.5. The van der Waals surface area contributed by atoms with Gasteiger partial charge in [0.25, 0.3) is 0 Å². The van der Waals surface area contributed by atoms with Crippen LogP contribution in [0.15, 0.2) is 42.5 Å². The maximum atomic E-state index is 13.6. The molecule has 0 aliphatic rings. The quantitative estimate of drug-likeness (QED) is 0.843. The van der Waals surface area contributed by atoms with E-state index >= 15 is 0 Å². The summed E-state index contributed by atoms with van der Waals surface area (Å²) in [5.74, 6) is -3.13. The number of aliphatic hydroxyl groups excluding tert-OH is 2. The van der Waals surface area contributed by atoms with E-state index in [1.165, 1.54) is 0 Å². The molecule has 0 fully saturated rings. The summed E-state index contributed by atoms with van der Waals surface area (Å²) in [6.45, 7) is -0.154. The summed E-state index contributed by atoms with van der Waals surface area (Å²) in [6.07, 6.45) is -1.78. The summed E-state index contributed by atoms with van der Waals surface area (Å²) in [5, 5.41) is 18.8. The molecule has 2 N–H and O–H groups in total. The van der Waals surface area contributed by atoms with Gasteiger partial charge in [-0.25, -0.2) is 17.2 Å². The third-order valence-corrected chi connectivity index (χ3v) is 4.93. The van der Waals surface area contributed by atoms with Crippen LogP contribution in [0.1, 0.15) is 22.8 Å². The van der Waals surface area contributed by atoms with E-state index in [1.54, 1.807) is 24.3 Å². The lowest BCUT2D eigenvalue weighted by Crippen LogP contribution is -2.18. The van der Waals surface area contributed by atoms with Crippen molar-refractivity contribution in [2.24, 2.45) is 0 Å². The standard InChI is InChI=1S/C16H16F2O4S/c17-13-2-1-3-14(18)16(13)15(20)10-23(21,22)9-12-6-4-11(8-19)5-7-12/h1-7,15,19-20H,8-10H2. The second-order valence-corrected chi connectivity index (χ2v) is 7.29. The number of sulfone groups is 1. The molecular formula is C16H16F2O4S. The van der Waals surface area contributed by atoms with Crippen LogP contribution in [0, 0.1) is 11.6 Å². The lowest BCUT2D eigenvalue weighted by Gasteiger charge is -2.13. The third-order valence-electron chi connectivity index (χ3n) is 3.34. The molecule has 23 heavy (non-hydrogen) atoms. The monoisotopic (exact) mass is 342 g/mol. The van der Waals surface area contributed by atoms with Crippen molar-refractivity contribution in [3.8, 4) is 0 Å². The van der Waals surface area contributed by atoms with Gasteiger partial charge >= 0.3 is 0 Å². The van der Waals surface area contributed by atoms with Crippen LogP contribution in [0.4, 0.5) is 8.78 Å². The van der Waals surface area contributed by atoms with Gasteiger partial charge in [-0.15, -0.1) is 0 Å². The van der Waals surface area contributed by atoms with E-state index in [9.17, 15) is 22.3 Å². The summed E-state index contributed by atoms with van der Waals surface area (Å²) in [4.78, 5) is 0. The molecule has 0 aliphatic carbocycles. The highest BCUT2D eigenvalue weighted by Gasteiger charge is 2.24.